The Morgan fingerprint density at radius 3 is 0.954 bits per heavy atom. The largest absolute Gasteiger partial charge is 3.00 e. The van der Waals surface area contributed by atoms with Crippen molar-refractivity contribution in [1.29, 1.82) is 0 Å². The minimum Gasteiger partial charge on any atom is -0.668 e. The van der Waals surface area contributed by atoms with Crippen molar-refractivity contribution in [2.45, 2.75) is 144 Å². The third kappa shape index (κ3) is 17.4. The molecule has 1 fully saturated rings. The van der Waals surface area contributed by atoms with Gasteiger partial charge in [0, 0.05) is 25.7 Å². The van der Waals surface area contributed by atoms with Gasteiger partial charge in [0.15, 0.2) is 0 Å². The van der Waals surface area contributed by atoms with Crippen LogP contribution in [-0.2, 0) is 37.4 Å². The second kappa shape index (κ2) is 26.4. The summed E-state index contributed by atoms with van der Waals surface area (Å²) in [5.74, 6) is 1.43. The Kier molecular flexibility index (Phi) is 22.8. The van der Waals surface area contributed by atoms with Gasteiger partial charge in [0.05, 0.1) is 0 Å². The Morgan fingerprint density at radius 2 is 0.692 bits per heavy atom. The number of nitrogens with zero attached hydrogens (tertiary/aromatic N) is 3. The first-order valence-corrected chi connectivity index (χ1v) is 30.4. The summed E-state index contributed by atoms with van der Waals surface area (Å²) in [6.07, 6.45) is 0.812. The maximum atomic E-state index is 10.9. The zero-order chi connectivity index (χ0) is 47.2. The number of fused-ring (bicyclic) bond motifs is 2. The molecule has 65 heavy (non-hydrogen) atoms. The predicted octanol–water partition coefficient (Wildman–Crippen LogP) is 17.4. The van der Waals surface area contributed by atoms with Crippen LogP contribution >= 0.6 is 0 Å². The van der Waals surface area contributed by atoms with Crippen molar-refractivity contribution in [2.75, 3.05) is 13.2 Å². The van der Waals surface area contributed by atoms with Crippen LogP contribution in [-0.4, -0.2) is 39.9 Å². The summed E-state index contributed by atoms with van der Waals surface area (Å²) in [6, 6.07) is 40.9. The Morgan fingerprint density at radius 1 is 0.415 bits per heavy atom. The number of ether oxygens (including phenoxy) is 1. The zero-order valence-corrected chi connectivity index (χ0v) is 46.9. The maximum absolute atomic E-state index is 10.9. The van der Waals surface area contributed by atoms with Crippen molar-refractivity contribution in [1.82, 2.24) is 0 Å². The van der Waals surface area contributed by atoms with Crippen molar-refractivity contribution >= 4 is 49.4 Å². The van der Waals surface area contributed by atoms with E-state index in [0.717, 1.165) is 57.3 Å². The fourth-order valence-electron chi connectivity index (χ4n) is 8.17. The number of benzene rings is 6. The second-order valence-electron chi connectivity index (χ2n) is 20.1. The molecule has 6 aromatic carbocycles. The molecule has 0 aliphatic carbocycles. The third-order valence-corrected chi connectivity index (χ3v) is 16.3. The summed E-state index contributed by atoms with van der Waals surface area (Å²) >= 11 is 0. The summed E-state index contributed by atoms with van der Waals surface area (Å²) in [5, 5.41) is 35.7. The van der Waals surface area contributed by atoms with E-state index in [1.165, 1.54) is 35.1 Å². The molecule has 1 saturated heterocycles. The summed E-state index contributed by atoms with van der Waals surface area (Å²) in [4.78, 5) is 0. The van der Waals surface area contributed by atoms with Crippen molar-refractivity contribution in [3.05, 3.63) is 170 Å². The van der Waals surface area contributed by atoms with Crippen LogP contribution in [0.5, 0.6) is 0 Å². The first-order valence-electron chi connectivity index (χ1n) is 23.5. The van der Waals surface area contributed by atoms with Gasteiger partial charge < -0.3 is 30.2 Å². The van der Waals surface area contributed by atoms with Gasteiger partial charge in [-0.3, -0.25) is 0 Å². The Labute approximate surface area is 420 Å². The van der Waals surface area contributed by atoms with Gasteiger partial charge in [-0.1, -0.05) is 255 Å². The Balaban J connectivity index is 0.000000264. The van der Waals surface area contributed by atoms with E-state index in [1.807, 2.05) is 60.7 Å². The normalized spacial score (nSPS) is 13.6. The van der Waals surface area contributed by atoms with E-state index >= 15 is 0 Å². The average Bonchev–Trinajstić information content (AvgIpc) is 3.83. The molecule has 9 heteroatoms. The summed E-state index contributed by atoms with van der Waals surface area (Å²) in [6.45, 7) is 33.1. The van der Waals surface area contributed by atoms with Gasteiger partial charge in [-0.25, -0.2) is 0 Å². The molecule has 0 spiro atoms. The molecule has 1 aliphatic heterocycles. The number of aliphatic hydroxyl groups excluding tert-OH is 2. The monoisotopic (exact) mass is 985 g/mol. The number of para-hydroxylation sites is 2. The van der Waals surface area contributed by atoms with Crippen LogP contribution in [0.25, 0.3) is 36.8 Å². The van der Waals surface area contributed by atoms with E-state index in [-0.39, 0.29) is 32.7 Å². The minimum atomic E-state index is -1.11. The molecule has 1 aliphatic rings. The van der Waals surface area contributed by atoms with Crippen LogP contribution in [0.1, 0.15) is 138 Å². The number of hydrogen-bond acceptors (Lipinski definition) is 3. The van der Waals surface area contributed by atoms with Gasteiger partial charge in [0.25, 0.3) is 0 Å². The standard InChI is InChI=1S/2C23H26NO.C6H18NSi2.C4H8O.Y/c2*1-15(2)18-12-8-13-19(16(3)4)22(18)24-23(25)21-14-7-10-17-9-5-6-11-20(17)21;1-8(2,3)7-9(4,5)6;1-2-4-5-3-1;/h2*5-16,23,25H,1-4H3;1-6H3;1-4H2;/q3*-1;;+3. The number of rotatable bonds is 12. The van der Waals surface area contributed by atoms with Gasteiger partial charge >= 0.3 is 32.7 Å². The van der Waals surface area contributed by atoms with Crippen molar-refractivity contribution in [2.24, 2.45) is 0 Å². The van der Waals surface area contributed by atoms with E-state index in [9.17, 15) is 10.2 Å². The van der Waals surface area contributed by atoms with E-state index in [4.69, 9.17) is 20.0 Å². The molecular weight excluding hydrogens is 908 g/mol. The van der Waals surface area contributed by atoms with Crippen LogP contribution < -0.4 is 0 Å². The second-order valence-corrected chi connectivity index (χ2v) is 29.7. The van der Waals surface area contributed by atoms with Crippen LogP contribution in [0.4, 0.5) is 11.4 Å². The van der Waals surface area contributed by atoms with E-state index in [1.54, 1.807) is 0 Å². The first kappa shape index (κ1) is 56.1. The molecule has 0 radical (unpaired) electrons. The predicted molar refractivity (Wildman–Crippen MR) is 283 cm³/mol. The maximum Gasteiger partial charge on any atom is 3.00 e. The molecule has 7 rings (SSSR count). The van der Waals surface area contributed by atoms with Crippen molar-refractivity contribution in [3.63, 3.8) is 0 Å². The van der Waals surface area contributed by atoms with Crippen LogP contribution in [0.3, 0.4) is 0 Å². The molecule has 346 valence electrons. The number of aliphatic hydroxyl groups is 2. The topological polar surface area (TPSA) is 92.0 Å². The summed E-state index contributed by atoms with van der Waals surface area (Å²) < 4.78 is 9.76. The van der Waals surface area contributed by atoms with Crippen molar-refractivity contribution < 1.29 is 47.7 Å². The first-order chi connectivity index (χ1) is 30.2. The molecule has 0 bridgehead atoms. The van der Waals surface area contributed by atoms with Gasteiger partial charge in [0.1, 0.15) is 0 Å². The molecule has 2 unspecified atom stereocenters. The SMILES string of the molecule is C1CCOC1.CC(C)c1cccc(C(C)C)c1[N-]C(O)c1cccc2ccccc12.CC(C)c1cccc(C(C)C)c1[N-]C(O)c1cccc2ccccc12.C[Si](C)(C)[N-][Si](C)(C)C.[Y+3]. The Bertz CT molecular complexity index is 2120. The average molecular weight is 986 g/mol. The van der Waals surface area contributed by atoms with Crippen LogP contribution in [0.2, 0.25) is 39.3 Å². The molecule has 0 saturated carbocycles. The molecule has 0 aromatic heterocycles. The third-order valence-electron chi connectivity index (χ3n) is 10.9. The van der Waals surface area contributed by atoms with E-state index < -0.39 is 28.9 Å². The molecule has 2 N–H and O–H groups in total. The van der Waals surface area contributed by atoms with Gasteiger partial charge in [0.2, 0.25) is 0 Å². The molecular formula is C56H78N3O3Si2Y. The van der Waals surface area contributed by atoms with E-state index in [0.29, 0.717) is 23.7 Å². The zero-order valence-electron chi connectivity index (χ0n) is 42.1. The van der Waals surface area contributed by atoms with Crippen LogP contribution in [0.15, 0.2) is 121 Å². The summed E-state index contributed by atoms with van der Waals surface area (Å²) in [7, 11) is -2.21. The Hall–Kier alpha value is -3.18. The molecule has 6 nitrogen and oxygen atoms in total. The van der Waals surface area contributed by atoms with Crippen LogP contribution in [0, 0.1) is 0 Å². The van der Waals surface area contributed by atoms with Gasteiger partial charge in [-0.2, -0.15) is 0 Å². The minimum absolute atomic E-state index is 0. The van der Waals surface area contributed by atoms with Gasteiger partial charge in [-0.05, 0) is 69.2 Å². The molecule has 6 aromatic rings. The fraction of sp³-hybridized carbons (Fsp3) is 0.429. The smallest absolute Gasteiger partial charge is 0.668 e. The molecule has 2 atom stereocenters. The summed E-state index contributed by atoms with van der Waals surface area (Å²) in [5.41, 5.74) is 8.32. The molecule has 1 heterocycles. The molecule has 0 amide bonds. The van der Waals surface area contributed by atoms with E-state index in [2.05, 4.69) is 155 Å². The van der Waals surface area contributed by atoms with Crippen molar-refractivity contribution in [3.8, 4) is 0 Å². The number of hydrogen-bond donors (Lipinski definition) is 2. The fourth-order valence-corrected chi connectivity index (χ4v) is 16.2. The van der Waals surface area contributed by atoms with Gasteiger partial charge in [-0.15, -0.1) is 11.4 Å². The quantitative estimate of drug-likeness (QED) is 0.120.